The van der Waals surface area contributed by atoms with Crippen molar-refractivity contribution in [3.8, 4) is 73.8 Å². The number of aliphatic hydroxyl groups excluding tert-OH is 1. The Morgan fingerprint density at radius 2 is 0.820 bits per heavy atom. The lowest BCUT2D eigenvalue weighted by atomic mass is 9.94. The monoisotopic (exact) mass is 652 g/mol. The molecule has 0 aliphatic heterocycles. The summed E-state index contributed by atoms with van der Waals surface area (Å²) in [6.07, 6.45) is 0. The fourth-order valence-electron chi connectivity index (χ4n) is 6.26. The zero-order valence-electron chi connectivity index (χ0n) is 27.3. The Balaban J connectivity index is 1.33. The van der Waals surface area contributed by atoms with Gasteiger partial charge in [-0.2, -0.15) is 0 Å². The number of hydrogen-bond donors (Lipinski definition) is 1. The second kappa shape index (κ2) is 13.5. The minimum atomic E-state index is -0.0341. The van der Waals surface area contributed by atoms with Gasteiger partial charge in [-0.3, -0.25) is 9.13 Å². The molecule has 6 aromatic carbocycles. The van der Waals surface area contributed by atoms with Gasteiger partial charge in [-0.05, 0) is 53.1 Å². The van der Waals surface area contributed by atoms with Gasteiger partial charge in [0.1, 0.15) is 5.75 Å². The van der Waals surface area contributed by atoms with E-state index in [1.54, 1.807) is 7.11 Å². The molecule has 0 aliphatic rings. The zero-order valence-corrected chi connectivity index (χ0v) is 27.3. The van der Waals surface area contributed by atoms with E-state index in [2.05, 4.69) is 33.4 Å². The maximum Gasteiger partial charge on any atom is 0.169 e. The molecule has 50 heavy (non-hydrogen) atoms. The van der Waals surface area contributed by atoms with E-state index < -0.39 is 0 Å². The van der Waals surface area contributed by atoms with E-state index in [4.69, 9.17) is 25.1 Å². The van der Waals surface area contributed by atoms with E-state index >= 15 is 0 Å². The molecule has 0 aliphatic carbocycles. The summed E-state index contributed by atoms with van der Waals surface area (Å²) in [6, 6.07) is 52.4. The number of aromatic nitrogens is 6. The van der Waals surface area contributed by atoms with E-state index in [0.29, 0.717) is 17.5 Å². The molecule has 8 nitrogen and oxygen atoms in total. The first-order valence-corrected chi connectivity index (χ1v) is 16.3. The Morgan fingerprint density at radius 3 is 1.24 bits per heavy atom. The van der Waals surface area contributed by atoms with Crippen LogP contribution in [0.15, 0.2) is 158 Å². The topological polar surface area (TPSA) is 90.9 Å². The number of rotatable bonds is 9. The summed E-state index contributed by atoms with van der Waals surface area (Å²) in [7, 11) is 1.66. The average molecular weight is 653 g/mol. The molecule has 0 atom stereocenters. The smallest absolute Gasteiger partial charge is 0.169 e. The fraction of sp³-hybridized carbons (Fsp3) is 0.0476. The number of benzene rings is 6. The third-order valence-corrected chi connectivity index (χ3v) is 8.72. The fourth-order valence-corrected chi connectivity index (χ4v) is 6.26. The van der Waals surface area contributed by atoms with Gasteiger partial charge in [-0.25, -0.2) is 0 Å². The second-order valence-electron chi connectivity index (χ2n) is 11.7. The Kier molecular flexibility index (Phi) is 8.26. The predicted octanol–water partition coefficient (Wildman–Crippen LogP) is 8.68. The standard InChI is InChI=1S/C42H32N6O2/c1-50-34-26-24-33(25-27-34)48-40(31-14-6-3-7-15-31)44-46-42(48)38-19-11-9-17-36(38)35-16-8-10-18-37(35)41-45-43-39(30-12-4-2-5-13-30)47(41)32-22-20-29(28-49)21-23-32/h2-27,49H,28H2,1H3. The third-order valence-electron chi connectivity index (χ3n) is 8.72. The van der Waals surface area contributed by atoms with E-state index in [-0.39, 0.29) is 6.61 Å². The van der Waals surface area contributed by atoms with Gasteiger partial charge in [0, 0.05) is 33.6 Å². The Hall–Kier alpha value is -6.64. The van der Waals surface area contributed by atoms with Gasteiger partial charge in [0.2, 0.25) is 0 Å². The molecule has 0 radical (unpaired) electrons. The molecule has 8 aromatic rings. The van der Waals surface area contributed by atoms with Gasteiger partial charge in [0.05, 0.1) is 13.7 Å². The summed E-state index contributed by atoms with van der Waals surface area (Å²) >= 11 is 0. The summed E-state index contributed by atoms with van der Waals surface area (Å²) < 4.78 is 9.63. The highest BCUT2D eigenvalue weighted by Gasteiger charge is 2.24. The van der Waals surface area contributed by atoms with Gasteiger partial charge in [0.15, 0.2) is 23.3 Å². The lowest BCUT2D eigenvalue weighted by Gasteiger charge is -2.17. The van der Waals surface area contributed by atoms with Crippen LogP contribution in [-0.4, -0.2) is 41.7 Å². The maximum atomic E-state index is 9.74. The highest BCUT2D eigenvalue weighted by Crippen LogP contribution is 2.40. The molecule has 0 saturated carbocycles. The molecule has 0 unspecified atom stereocenters. The average Bonchev–Trinajstić information content (AvgIpc) is 3.85. The largest absolute Gasteiger partial charge is 0.497 e. The summed E-state index contributed by atoms with van der Waals surface area (Å²) in [6.45, 7) is -0.0341. The Morgan fingerprint density at radius 1 is 0.440 bits per heavy atom. The van der Waals surface area contributed by atoms with Crippen LogP contribution in [-0.2, 0) is 6.61 Å². The first kappa shape index (κ1) is 30.7. The van der Waals surface area contributed by atoms with Crippen molar-refractivity contribution in [2.45, 2.75) is 6.61 Å². The van der Waals surface area contributed by atoms with Crippen LogP contribution in [0.25, 0.3) is 68.1 Å². The van der Waals surface area contributed by atoms with Crippen LogP contribution in [0.5, 0.6) is 5.75 Å². The highest BCUT2D eigenvalue weighted by molar-refractivity contribution is 5.90. The van der Waals surface area contributed by atoms with Crippen molar-refractivity contribution in [3.05, 3.63) is 163 Å². The summed E-state index contributed by atoms with van der Waals surface area (Å²) in [5, 5.41) is 28.8. The normalized spacial score (nSPS) is 11.1. The Labute approximate surface area is 289 Å². The number of nitrogens with zero attached hydrogens (tertiary/aromatic N) is 6. The van der Waals surface area contributed by atoms with Crippen molar-refractivity contribution in [1.29, 1.82) is 0 Å². The lowest BCUT2D eigenvalue weighted by Crippen LogP contribution is -2.03. The lowest BCUT2D eigenvalue weighted by molar-refractivity contribution is 0.282. The quantitative estimate of drug-likeness (QED) is 0.168. The molecule has 242 valence electrons. The molecule has 2 aromatic heterocycles. The van der Waals surface area contributed by atoms with Gasteiger partial charge in [-0.1, -0.05) is 121 Å². The van der Waals surface area contributed by atoms with Crippen LogP contribution in [0.3, 0.4) is 0 Å². The number of methoxy groups -OCH3 is 1. The SMILES string of the molecule is COc1ccc(-n2c(-c3ccccc3)nnc2-c2ccccc2-c2ccccc2-c2nnc(-c3ccccc3)n2-c2ccc(CO)cc2)cc1. The third kappa shape index (κ3) is 5.63. The summed E-state index contributed by atoms with van der Waals surface area (Å²) in [5.41, 5.74) is 8.26. The number of hydrogen-bond acceptors (Lipinski definition) is 6. The van der Waals surface area contributed by atoms with Crippen molar-refractivity contribution < 1.29 is 9.84 Å². The van der Waals surface area contributed by atoms with E-state index in [0.717, 1.165) is 61.9 Å². The molecule has 0 fully saturated rings. The van der Waals surface area contributed by atoms with Crippen molar-refractivity contribution >= 4 is 0 Å². The molecule has 8 rings (SSSR count). The molecule has 0 spiro atoms. The van der Waals surface area contributed by atoms with Crippen LogP contribution >= 0.6 is 0 Å². The second-order valence-corrected chi connectivity index (χ2v) is 11.7. The molecule has 0 saturated heterocycles. The van der Waals surface area contributed by atoms with Crippen LogP contribution in [0.1, 0.15) is 5.56 Å². The van der Waals surface area contributed by atoms with Crippen molar-refractivity contribution in [2.75, 3.05) is 7.11 Å². The van der Waals surface area contributed by atoms with E-state index in [1.807, 2.05) is 133 Å². The molecule has 0 bridgehead atoms. The van der Waals surface area contributed by atoms with E-state index in [9.17, 15) is 5.11 Å². The zero-order chi connectivity index (χ0) is 33.9. The number of aliphatic hydroxyl groups is 1. The predicted molar refractivity (Wildman–Crippen MR) is 196 cm³/mol. The van der Waals surface area contributed by atoms with Crippen LogP contribution in [0.4, 0.5) is 0 Å². The molecule has 2 heterocycles. The van der Waals surface area contributed by atoms with Crippen molar-refractivity contribution in [2.24, 2.45) is 0 Å². The van der Waals surface area contributed by atoms with Crippen LogP contribution < -0.4 is 4.74 Å². The summed E-state index contributed by atoms with van der Waals surface area (Å²) in [4.78, 5) is 0. The van der Waals surface area contributed by atoms with Gasteiger partial charge in [0.25, 0.3) is 0 Å². The minimum Gasteiger partial charge on any atom is -0.497 e. The molecular weight excluding hydrogens is 621 g/mol. The maximum absolute atomic E-state index is 9.74. The van der Waals surface area contributed by atoms with Crippen LogP contribution in [0.2, 0.25) is 0 Å². The van der Waals surface area contributed by atoms with E-state index in [1.165, 1.54) is 0 Å². The summed E-state index contributed by atoms with van der Waals surface area (Å²) in [5.74, 6) is 3.60. The molecule has 0 amide bonds. The van der Waals surface area contributed by atoms with Gasteiger partial charge < -0.3 is 9.84 Å². The first-order chi connectivity index (χ1) is 24.7. The van der Waals surface area contributed by atoms with Crippen LogP contribution in [0, 0.1) is 0 Å². The number of ether oxygens (including phenoxy) is 1. The van der Waals surface area contributed by atoms with Gasteiger partial charge >= 0.3 is 0 Å². The molecule has 8 heteroatoms. The van der Waals surface area contributed by atoms with Crippen molar-refractivity contribution in [3.63, 3.8) is 0 Å². The highest BCUT2D eigenvalue weighted by atomic mass is 16.5. The Bertz CT molecular complexity index is 2210. The molecular formula is C42H32N6O2. The van der Waals surface area contributed by atoms with Gasteiger partial charge in [-0.15, -0.1) is 20.4 Å². The molecule has 1 N–H and O–H groups in total. The first-order valence-electron chi connectivity index (χ1n) is 16.3. The minimum absolute atomic E-state index is 0.0341. The van der Waals surface area contributed by atoms with Crippen molar-refractivity contribution in [1.82, 2.24) is 29.5 Å².